The minimum Gasteiger partial charge on any atom is -0.324 e. The van der Waals surface area contributed by atoms with E-state index in [9.17, 15) is 9.59 Å². The highest BCUT2D eigenvalue weighted by atomic mass is 32.2. The number of ketones is 1. The van der Waals surface area contributed by atoms with Crippen molar-refractivity contribution in [2.75, 3.05) is 16.5 Å². The smallest absolute Gasteiger partial charge is 0.234 e. The number of amides is 1. The fourth-order valence-electron chi connectivity index (χ4n) is 2.26. The van der Waals surface area contributed by atoms with E-state index in [4.69, 9.17) is 0 Å². The summed E-state index contributed by atoms with van der Waals surface area (Å²) in [5, 5.41) is 7.04. The summed E-state index contributed by atoms with van der Waals surface area (Å²) in [5.74, 6) is 0.600. The molecular formula is C14H15N3O2S. The van der Waals surface area contributed by atoms with E-state index in [0.29, 0.717) is 17.9 Å². The van der Waals surface area contributed by atoms with Crippen LogP contribution in [0.1, 0.15) is 25.7 Å². The number of fused-ring (bicyclic) bond motifs is 1. The fraction of sp³-hybridized carbons (Fsp3) is 0.357. The Kier molecular flexibility index (Phi) is 3.73. The largest absolute Gasteiger partial charge is 0.324 e. The first kappa shape index (κ1) is 13.2. The van der Waals surface area contributed by atoms with Crippen LogP contribution >= 0.6 is 11.8 Å². The van der Waals surface area contributed by atoms with Gasteiger partial charge in [-0.1, -0.05) is 0 Å². The lowest BCUT2D eigenvalue weighted by atomic mass is 9.97. The molecule has 1 aromatic rings. The monoisotopic (exact) mass is 289 g/mol. The van der Waals surface area contributed by atoms with Crippen molar-refractivity contribution in [3.8, 4) is 0 Å². The maximum absolute atomic E-state index is 11.7. The number of Topliss-reactive ketones (excluding diaryl/α,β-unsaturated/α-hetero) is 1. The van der Waals surface area contributed by atoms with Crippen molar-refractivity contribution in [1.29, 1.82) is 0 Å². The molecule has 0 radical (unpaired) electrons. The normalized spacial score (nSPS) is 20.5. The minimum atomic E-state index is 0.0243. The predicted molar refractivity (Wildman–Crippen MR) is 80.3 cm³/mol. The number of hydrazone groups is 1. The van der Waals surface area contributed by atoms with E-state index < -0.39 is 0 Å². The quantitative estimate of drug-likeness (QED) is 0.821. The Morgan fingerprint density at radius 1 is 1.20 bits per heavy atom. The summed E-state index contributed by atoms with van der Waals surface area (Å²) in [4.78, 5) is 24.0. The Morgan fingerprint density at radius 2 is 2.05 bits per heavy atom. The number of carbonyl (C=O) groups is 2. The maximum Gasteiger partial charge on any atom is 0.234 e. The van der Waals surface area contributed by atoms with Crippen LogP contribution in [-0.2, 0) is 9.59 Å². The Hall–Kier alpha value is -1.82. The molecule has 1 heterocycles. The zero-order valence-corrected chi connectivity index (χ0v) is 11.8. The van der Waals surface area contributed by atoms with Crippen LogP contribution in [0.4, 0.5) is 11.4 Å². The summed E-state index contributed by atoms with van der Waals surface area (Å²) in [5.41, 5.74) is 5.24. The van der Waals surface area contributed by atoms with Crippen LogP contribution in [0.3, 0.4) is 0 Å². The number of carbonyl (C=O) groups excluding carboxylic acids is 2. The Bertz CT molecular complexity index is 598. The second kappa shape index (κ2) is 5.66. The van der Waals surface area contributed by atoms with Gasteiger partial charge in [0.15, 0.2) is 5.78 Å². The van der Waals surface area contributed by atoms with Gasteiger partial charge in [-0.3, -0.25) is 15.0 Å². The van der Waals surface area contributed by atoms with Crippen LogP contribution in [0.5, 0.6) is 0 Å². The van der Waals surface area contributed by atoms with Gasteiger partial charge in [-0.2, -0.15) is 5.10 Å². The van der Waals surface area contributed by atoms with E-state index in [2.05, 4.69) is 15.8 Å². The highest BCUT2D eigenvalue weighted by Crippen LogP contribution is 2.33. The molecule has 0 unspecified atom stereocenters. The predicted octanol–water partition coefficient (Wildman–Crippen LogP) is 2.64. The second-order valence-electron chi connectivity index (χ2n) is 4.85. The summed E-state index contributed by atoms with van der Waals surface area (Å²) >= 11 is 1.51. The van der Waals surface area contributed by atoms with E-state index in [1.165, 1.54) is 11.8 Å². The first-order chi connectivity index (χ1) is 9.72. The Morgan fingerprint density at radius 3 is 2.90 bits per heavy atom. The second-order valence-corrected chi connectivity index (χ2v) is 5.87. The van der Waals surface area contributed by atoms with Gasteiger partial charge in [0, 0.05) is 11.3 Å². The molecule has 20 heavy (non-hydrogen) atoms. The van der Waals surface area contributed by atoms with Crippen LogP contribution in [0.25, 0.3) is 0 Å². The van der Waals surface area contributed by atoms with Gasteiger partial charge in [-0.05, 0) is 37.5 Å². The van der Waals surface area contributed by atoms with Crippen molar-refractivity contribution >= 4 is 40.5 Å². The number of benzene rings is 1. The first-order valence-electron chi connectivity index (χ1n) is 6.65. The van der Waals surface area contributed by atoms with Gasteiger partial charge < -0.3 is 5.32 Å². The van der Waals surface area contributed by atoms with E-state index in [-0.39, 0.29) is 11.7 Å². The Labute approximate surface area is 121 Å². The van der Waals surface area contributed by atoms with Crippen molar-refractivity contribution in [3.63, 3.8) is 0 Å². The Balaban J connectivity index is 1.73. The molecule has 1 fully saturated rings. The average molecular weight is 289 g/mol. The number of anilines is 2. The third kappa shape index (κ3) is 2.85. The molecule has 6 heteroatoms. The van der Waals surface area contributed by atoms with Crippen LogP contribution < -0.4 is 10.7 Å². The number of hydrogen-bond acceptors (Lipinski definition) is 5. The van der Waals surface area contributed by atoms with Gasteiger partial charge in [-0.15, -0.1) is 11.8 Å². The molecule has 5 nitrogen and oxygen atoms in total. The lowest BCUT2D eigenvalue weighted by Gasteiger charge is -2.17. The van der Waals surface area contributed by atoms with E-state index >= 15 is 0 Å². The van der Waals surface area contributed by atoms with Crippen molar-refractivity contribution in [2.24, 2.45) is 5.10 Å². The third-order valence-electron chi connectivity index (χ3n) is 3.32. The topological polar surface area (TPSA) is 70.6 Å². The van der Waals surface area contributed by atoms with Crippen LogP contribution in [0.15, 0.2) is 28.2 Å². The average Bonchev–Trinajstić information content (AvgIpc) is 2.46. The zero-order valence-electron chi connectivity index (χ0n) is 10.9. The first-order valence-corrected chi connectivity index (χ1v) is 7.63. The molecule has 104 valence electrons. The summed E-state index contributed by atoms with van der Waals surface area (Å²) in [6, 6.07) is 5.64. The molecule has 2 N–H and O–H groups in total. The van der Waals surface area contributed by atoms with Crippen molar-refractivity contribution < 1.29 is 9.59 Å². The van der Waals surface area contributed by atoms with Crippen LogP contribution in [0, 0.1) is 0 Å². The van der Waals surface area contributed by atoms with Gasteiger partial charge in [0.05, 0.1) is 17.1 Å². The summed E-state index contributed by atoms with van der Waals surface area (Å²) in [6.07, 6.45) is 3.35. The van der Waals surface area contributed by atoms with Crippen molar-refractivity contribution in [2.45, 2.75) is 30.6 Å². The molecule has 1 aromatic carbocycles. The molecule has 3 rings (SSSR count). The summed E-state index contributed by atoms with van der Waals surface area (Å²) in [6.45, 7) is 0. The molecule has 1 amide bonds. The van der Waals surface area contributed by atoms with Gasteiger partial charge in [0.2, 0.25) is 5.91 Å². The highest BCUT2D eigenvalue weighted by molar-refractivity contribution is 8.00. The van der Waals surface area contributed by atoms with E-state index in [0.717, 1.165) is 35.5 Å². The molecule has 0 bridgehead atoms. The molecule has 1 saturated carbocycles. The van der Waals surface area contributed by atoms with E-state index in [1.54, 1.807) is 0 Å². The van der Waals surface area contributed by atoms with Gasteiger partial charge >= 0.3 is 0 Å². The molecule has 1 aliphatic heterocycles. The molecule has 1 aliphatic carbocycles. The molecule has 0 spiro atoms. The minimum absolute atomic E-state index is 0.0243. The molecule has 2 aliphatic rings. The fourth-order valence-corrected chi connectivity index (χ4v) is 3.10. The van der Waals surface area contributed by atoms with Crippen molar-refractivity contribution in [1.82, 2.24) is 0 Å². The van der Waals surface area contributed by atoms with Gasteiger partial charge in [0.1, 0.15) is 5.71 Å². The lowest BCUT2D eigenvalue weighted by Crippen LogP contribution is -2.20. The standard InChI is InChI=1S/C14H15N3O2S/c18-12-4-2-1-3-10(12)17-16-9-5-6-11-13(7-9)20-8-14(19)15-11/h5-7,16H,1-4,8H2,(H,15,19)/b17-10-. The third-order valence-corrected chi connectivity index (χ3v) is 4.38. The van der Waals surface area contributed by atoms with Crippen LogP contribution in [-0.4, -0.2) is 23.2 Å². The number of rotatable bonds is 2. The maximum atomic E-state index is 11.7. The molecular weight excluding hydrogens is 274 g/mol. The SMILES string of the molecule is O=C1CSc2cc(N/N=C3/CCCCC3=O)ccc2N1. The number of nitrogens with one attached hydrogen (secondary N) is 2. The van der Waals surface area contributed by atoms with E-state index in [1.807, 2.05) is 18.2 Å². The van der Waals surface area contributed by atoms with Crippen LogP contribution in [0.2, 0.25) is 0 Å². The summed E-state index contributed by atoms with van der Waals surface area (Å²) in [7, 11) is 0. The van der Waals surface area contributed by atoms with Gasteiger partial charge in [-0.25, -0.2) is 0 Å². The highest BCUT2D eigenvalue weighted by Gasteiger charge is 2.17. The molecule has 0 atom stereocenters. The number of nitrogens with zero attached hydrogens (tertiary/aromatic N) is 1. The molecule has 0 saturated heterocycles. The molecule has 0 aromatic heterocycles. The lowest BCUT2D eigenvalue weighted by molar-refractivity contribution is -0.114. The van der Waals surface area contributed by atoms with Crippen molar-refractivity contribution in [3.05, 3.63) is 18.2 Å². The zero-order chi connectivity index (χ0) is 13.9. The van der Waals surface area contributed by atoms with Gasteiger partial charge in [0.25, 0.3) is 0 Å². The number of thioether (sulfide) groups is 1. The number of hydrogen-bond donors (Lipinski definition) is 2. The summed E-state index contributed by atoms with van der Waals surface area (Å²) < 4.78 is 0.